The zero-order valence-corrected chi connectivity index (χ0v) is 16.0. The van der Waals surface area contributed by atoms with Crippen LogP contribution in [0.5, 0.6) is 0 Å². The van der Waals surface area contributed by atoms with E-state index in [2.05, 4.69) is 10.6 Å². The van der Waals surface area contributed by atoms with Gasteiger partial charge in [0, 0.05) is 5.56 Å². The van der Waals surface area contributed by atoms with Gasteiger partial charge < -0.3 is 10.6 Å². The molecule has 2 amide bonds. The molecule has 0 aliphatic heterocycles. The van der Waals surface area contributed by atoms with Gasteiger partial charge in [-0.2, -0.15) is 13.2 Å². The number of hydrogen-bond donors (Lipinski definition) is 2. The maximum absolute atomic E-state index is 13.3. The molecule has 0 saturated carbocycles. The second kappa shape index (κ2) is 8.82. The predicted octanol–water partition coefficient (Wildman–Crippen LogP) is 5.12. The molecule has 3 rings (SSSR count). The van der Waals surface area contributed by atoms with Gasteiger partial charge in [0.15, 0.2) is 0 Å². The molecular weight excluding hydrogens is 393 g/mol. The van der Waals surface area contributed by atoms with E-state index in [1.165, 1.54) is 18.2 Å². The van der Waals surface area contributed by atoms with Gasteiger partial charge in [-0.3, -0.25) is 9.59 Å². The van der Waals surface area contributed by atoms with Crippen molar-refractivity contribution < 1.29 is 22.8 Å². The largest absolute Gasteiger partial charge is 0.418 e. The highest BCUT2D eigenvalue weighted by molar-refractivity contribution is 6.02. The summed E-state index contributed by atoms with van der Waals surface area (Å²) in [5.74, 6) is -1.29. The molecule has 2 N–H and O–H groups in total. The average molecular weight is 412 g/mol. The standard InChI is InChI=1S/C23H19F3N2O2/c1-15-11-13-17(14-12-15)21(29)28-20(16-7-3-2-4-8-16)22(30)27-19-10-6-5-9-18(19)23(24,25)26/h2-14,20H,1H3,(H,27,30)(H,28,29). The molecule has 3 aromatic carbocycles. The summed E-state index contributed by atoms with van der Waals surface area (Å²) >= 11 is 0. The molecule has 1 unspecified atom stereocenters. The van der Waals surface area contributed by atoms with Gasteiger partial charge in [-0.25, -0.2) is 0 Å². The van der Waals surface area contributed by atoms with Gasteiger partial charge in [0.25, 0.3) is 11.8 Å². The molecule has 0 radical (unpaired) electrons. The number of halogens is 3. The Bertz CT molecular complexity index is 1030. The molecule has 7 heteroatoms. The second-order valence-corrected chi connectivity index (χ2v) is 6.72. The average Bonchev–Trinajstić information content (AvgIpc) is 2.72. The van der Waals surface area contributed by atoms with Gasteiger partial charge >= 0.3 is 6.18 Å². The van der Waals surface area contributed by atoms with Crippen molar-refractivity contribution in [2.24, 2.45) is 0 Å². The van der Waals surface area contributed by atoms with Crippen LogP contribution in [0, 0.1) is 6.92 Å². The second-order valence-electron chi connectivity index (χ2n) is 6.72. The van der Waals surface area contributed by atoms with E-state index in [0.717, 1.165) is 11.6 Å². The number of amides is 2. The lowest BCUT2D eigenvalue weighted by molar-refractivity contribution is -0.137. The third-order valence-electron chi connectivity index (χ3n) is 4.47. The van der Waals surface area contributed by atoms with Crippen molar-refractivity contribution in [3.63, 3.8) is 0 Å². The van der Waals surface area contributed by atoms with E-state index in [0.29, 0.717) is 11.1 Å². The number of hydrogen-bond acceptors (Lipinski definition) is 2. The van der Waals surface area contributed by atoms with Crippen molar-refractivity contribution in [3.8, 4) is 0 Å². The number of rotatable bonds is 5. The smallest absolute Gasteiger partial charge is 0.336 e. The molecule has 154 valence electrons. The molecule has 0 heterocycles. The Morgan fingerprint density at radius 1 is 0.833 bits per heavy atom. The van der Waals surface area contributed by atoms with E-state index in [1.807, 2.05) is 6.92 Å². The van der Waals surface area contributed by atoms with Gasteiger partial charge in [-0.15, -0.1) is 0 Å². The van der Waals surface area contributed by atoms with Gasteiger partial charge in [-0.1, -0.05) is 60.2 Å². The molecule has 0 aromatic heterocycles. The summed E-state index contributed by atoms with van der Waals surface area (Å²) in [4.78, 5) is 25.6. The van der Waals surface area contributed by atoms with E-state index in [-0.39, 0.29) is 5.69 Å². The van der Waals surface area contributed by atoms with Crippen LogP contribution in [0.2, 0.25) is 0 Å². The molecule has 0 spiro atoms. The first-order chi connectivity index (χ1) is 14.3. The number of carbonyl (C=O) groups is 2. The molecule has 30 heavy (non-hydrogen) atoms. The summed E-state index contributed by atoms with van der Waals surface area (Å²) in [6, 6.07) is 18.6. The van der Waals surface area contributed by atoms with Crippen LogP contribution < -0.4 is 10.6 Å². The maximum Gasteiger partial charge on any atom is 0.418 e. The number of benzene rings is 3. The fourth-order valence-electron chi connectivity index (χ4n) is 2.91. The Morgan fingerprint density at radius 3 is 2.07 bits per heavy atom. The van der Waals surface area contributed by atoms with Crippen LogP contribution in [0.1, 0.15) is 33.1 Å². The van der Waals surface area contributed by atoms with Crippen LogP contribution in [0.25, 0.3) is 0 Å². The molecule has 3 aromatic rings. The fraction of sp³-hybridized carbons (Fsp3) is 0.130. The lowest BCUT2D eigenvalue weighted by Crippen LogP contribution is -2.37. The summed E-state index contributed by atoms with van der Waals surface area (Å²) < 4.78 is 39.8. The first-order valence-electron chi connectivity index (χ1n) is 9.15. The van der Waals surface area contributed by atoms with Gasteiger partial charge in [0.1, 0.15) is 6.04 Å². The van der Waals surface area contributed by atoms with E-state index < -0.39 is 29.6 Å². The molecule has 4 nitrogen and oxygen atoms in total. The lowest BCUT2D eigenvalue weighted by atomic mass is 10.0. The van der Waals surface area contributed by atoms with Gasteiger partial charge in [-0.05, 0) is 36.8 Å². The highest BCUT2D eigenvalue weighted by atomic mass is 19.4. The summed E-state index contributed by atoms with van der Waals surface area (Å²) in [6.07, 6.45) is -4.63. The number of nitrogens with one attached hydrogen (secondary N) is 2. The number of para-hydroxylation sites is 1. The summed E-state index contributed by atoms with van der Waals surface area (Å²) in [5.41, 5.74) is 0.410. The SMILES string of the molecule is Cc1ccc(C(=O)NC(C(=O)Nc2ccccc2C(F)(F)F)c2ccccc2)cc1. The fourth-order valence-corrected chi connectivity index (χ4v) is 2.91. The molecule has 1 atom stereocenters. The van der Waals surface area contributed by atoms with Gasteiger partial charge in [0.05, 0.1) is 11.3 Å². The first-order valence-corrected chi connectivity index (χ1v) is 9.15. The Balaban J connectivity index is 1.89. The first kappa shape index (κ1) is 21.1. The Hall–Kier alpha value is -3.61. The third kappa shape index (κ3) is 5.05. The van der Waals surface area contributed by atoms with Crippen molar-refractivity contribution in [2.45, 2.75) is 19.1 Å². The summed E-state index contributed by atoms with van der Waals surface area (Å²) in [6.45, 7) is 1.87. The molecule has 0 saturated heterocycles. The number of alkyl halides is 3. The van der Waals surface area contributed by atoms with Crippen molar-refractivity contribution in [1.29, 1.82) is 0 Å². The van der Waals surface area contributed by atoms with Crippen LogP contribution >= 0.6 is 0 Å². The summed E-state index contributed by atoms with van der Waals surface area (Å²) in [7, 11) is 0. The van der Waals surface area contributed by atoms with Crippen molar-refractivity contribution in [1.82, 2.24) is 5.32 Å². The molecule has 0 aliphatic rings. The van der Waals surface area contributed by atoms with Crippen LogP contribution in [0.4, 0.5) is 18.9 Å². The Morgan fingerprint density at radius 2 is 1.43 bits per heavy atom. The molecule has 0 bridgehead atoms. The minimum atomic E-state index is -4.63. The lowest BCUT2D eigenvalue weighted by Gasteiger charge is -2.20. The van der Waals surface area contributed by atoms with Crippen LogP contribution in [0.15, 0.2) is 78.9 Å². The number of carbonyl (C=O) groups excluding carboxylic acids is 2. The molecule has 0 aliphatic carbocycles. The van der Waals surface area contributed by atoms with Crippen molar-refractivity contribution >= 4 is 17.5 Å². The number of aryl methyl sites for hydroxylation is 1. The maximum atomic E-state index is 13.3. The summed E-state index contributed by atoms with van der Waals surface area (Å²) in [5, 5.41) is 4.92. The highest BCUT2D eigenvalue weighted by Crippen LogP contribution is 2.35. The third-order valence-corrected chi connectivity index (χ3v) is 4.47. The van der Waals surface area contributed by atoms with Crippen molar-refractivity contribution in [2.75, 3.05) is 5.32 Å². The number of anilines is 1. The van der Waals surface area contributed by atoms with E-state index in [9.17, 15) is 22.8 Å². The monoisotopic (exact) mass is 412 g/mol. The van der Waals surface area contributed by atoms with E-state index >= 15 is 0 Å². The quantitative estimate of drug-likeness (QED) is 0.611. The van der Waals surface area contributed by atoms with Crippen LogP contribution in [-0.2, 0) is 11.0 Å². The zero-order chi connectivity index (χ0) is 21.7. The molecule has 0 fully saturated rings. The zero-order valence-electron chi connectivity index (χ0n) is 16.0. The predicted molar refractivity (Wildman–Crippen MR) is 108 cm³/mol. The minimum Gasteiger partial charge on any atom is -0.336 e. The van der Waals surface area contributed by atoms with Crippen molar-refractivity contribution in [3.05, 3.63) is 101 Å². The highest BCUT2D eigenvalue weighted by Gasteiger charge is 2.34. The Labute approximate surface area is 171 Å². The Kier molecular flexibility index (Phi) is 6.20. The van der Waals surface area contributed by atoms with E-state index in [1.54, 1.807) is 54.6 Å². The minimum absolute atomic E-state index is 0.338. The van der Waals surface area contributed by atoms with E-state index in [4.69, 9.17) is 0 Å². The van der Waals surface area contributed by atoms with Gasteiger partial charge in [0.2, 0.25) is 0 Å². The molecular formula is C23H19F3N2O2. The van der Waals surface area contributed by atoms with Crippen LogP contribution in [-0.4, -0.2) is 11.8 Å². The van der Waals surface area contributed by atoms with Crippen LogP contribution in [0.3, 0.4) is 0 Å². The normalized spacial score (nSPS) is 12.1. The topological polar surface area (TPSA) is 58.2 Å².